The Morgan fingerprint density at radius 2 is 1.35 bits per heavy atom. The topological polar surface area (TPSA) is 120 Å². The molecule has 4 aromatic carbocycles. The molecule has 0 aliphatic carbocycles. The number of anilines is 1. The molecule has 51 heavy (non-hydrogen) atoms. The zero-order chi connectivity index (χ0) is 36.2. The van der Waals surface area contributed by atoms with Crippen LogP contribution >= 0.6 is 0 Å². The Labute approximate surface area is 300 Å². The van der Waals surface area contributed by atoms with Crippen LogP contribution in [0.3, 0.4) is 0 Å². The number of carbonyl (C=O) groups is 3. The molecule has 1 heterocycles. The molecule has 268 valence electrons. The molecule has 3 amide bonds. The van der Waals surface area contributed by atoms with Gasteiger partial charge in [-0.1, -0.05) is 86.6 Å². The van der Waals surface area contributed by atoms with E-state index in [1.165, 1.54) is 0 Å². The van der Waals surface area contributed by atoms with Crippen molar-refractivity contribution in [1.29, 1.82) is 0 Å². The van der Waals surface area contributed by atoms with E-state index in [0.717, 1.165) is 29.8 Å². The molecule has 0 spiro atoms. The number of ether oxygens (including phenoxy) is 2. The van der Waals surface area contributed by atoms with Crippen LogP contribution in [0.5, 0.6) is 11.5 Å². The molecule has 3 N–H and O–H groups in total. The number of para-hydroxylation sites is 1. The summed E-state index contributed by atoms with van der Waals surface area (Å²) < 4.78 is 11.5. The third-order valence-corrected chi connectivity index (χ3v) is 9.05. The SMILES string of the molecule is CC(=O)N1CCN(CCC(O)[C@H](Cc2ccc(-c3ccccc3)cc2)NC(=O)[C@@H](OC(=O)Nc2ccc(Oc3ccccc3)cc2)C(C)C)CC1. The highest BCUT2D eigenvalue weighted by molar-refractivity contribution is 5.89. The molecule has 0 bridgehead atoms. The fraction of sp³-hybridized carbons (Fsp3) is 0.341. The van der Waals surface area contributed by atoms with Crippen LogP contribution in [-0.4, -0.2) is 83.8 Å². The van der Waals surface area contributed by atoms with Crippen molar-refractivity contribution in [2.45, 2.75) is 51.9 Å². The molecule has 10 nitrogen and oxygen atoms in total. The van der Waals surface area contributed by atoms with E-state index in [1.807, 2.05) is 91.5 Å². The Balaban J connectivity index is 1.22. The molecular formula is C41H48N4O6. The molecule has 0 radical (unpaired) electrons. The number of carbonyl (C=O) groups excluding carboxylic acids is 3. The Bertz CT molecular complexity index is 1690. The predicted molar refractivity (Wildman–Crippen MR) is 199 cm³/mol. The standard InChI is InChI=1S/C41H48N4O6/c1-29(2)39(51-41(49)42-34-18-20-36(21-19-34)50-35-12-8-5-9-13-35)40(48)43-37(38(47)22-23-44-24-26-45(27-25-44)30(3)46)28-31-14-16-33(17-15-31)32-10-6-4-7-11-32/h4-21,29,37-39,47H,22-28H2,1-3H3,(H,42,49)(H,43,48)/t37-,38?,39-/m0/s1. The molecule has 0 aromatic heterocycles. The lowest BCUT2D eigenvalue weighted by atomic mass is 9.96. The summed E-state index contributed by atoms with van der Waals surface area (Å²) in [5.41, 5.74) is 3.61. The van der Waals surface area contributed by atoms with Crippen LogP contribution in [-0.2, 0) is 20.7 Å². The highest BCUT2D eigenvalue weighted by Crippen LogP contribution is 2.24. The van der Waals surface area contributed by atoms with Gasteiger partial charge in [0.2, 0.25) is 5.91 Å². The number of aliphatic hydroxyl groups excluding tert-OH is 1. The number of piperazine rings is 1. The summed E-state index contributed by atoms with van der Waals surface area (Å²) in [4.78, 5) is 42.5. The summed E-state index contributed by atoms with van der Waals surface area (Å²) in [6.45, 7) is 8.58. The van der Waals surface area contributed by atoms with Crippen LogP contribution in [0.4, 0.5) is 10.5 Å². The second-order valence-corrected chi connectivity index (χ2v) is 13.2. The lowest BCUT2D eigenvalue weighted by molar-refractivity contribution is -0.133. The first-order valence-corrected chi connectivity index (χ1v) is 17.6. The van der Waals surface area contributed by atoms with Crippen LogP contribution in [0.25, 0.3) is 11.1 Å². The maximum Gasteiger partial charge on any atom is 0.412 e. The molecule has 4 aromatic rings. The van der Waals surface area contributed by atoms with Gasteiger partial charge in [-0.25, -0.2) is 4.79 Å². The Hall–Kier alpha value is -5.19. The Morgan fingerprint density at radius 3 is 1.96 bits per heavy atom. The summed E-state index contributed by atoms with van der Waals surface area (Å²) in [7, 11) is 0. The molecular weight excluding hydrogens is 644 g/mol. The minimum atomic E-state index is -1.10. The molecule has 1 aliphatic rings. The summed E-state index contributed by atoms with van der Waals surface area (Å²) in [5, 5.41) is 17.2. The highest BCUT2D eigenvalue weighted by Gasteiger charge is 2.31. The molecule has 1 unspecified atom stereocenters. The van der Waals surface area contributed by atoms with E-state index in [0.29, 0.717) is 49.7 Å². The zero-order valence-electron chi connectivity index (χ0n) is 29.5. The van der Waals surface area contributed by atoms with E-state index >= 15 is 0 Å². The minimum absolute atomic E-state index is 0.0673. The number of nitrogens with zero attached hydrogens (tertiary/aromatic N) is 2. The van der Waals surface area contributed by atoms with Crippen molar-refractivity contribution >= 4 is 23.6 Å². The first-order chi connectivity index (χ1) is 24.6. The van der Waals surface area contributed by atoms with Crippen molar-refractivity contribution in [1.82, 2.24) is 15.1 Å². The number of amides is 3. The number of aliphatic hydroxyl groups is 1. The van der Waals surface area contributed by atoms with Gasteiger partial charge in [-0.2, -0.15) is 0 Å². The van der Waals surface area contributed by atoms with E-state index in [-0.39, 0.29) is 11.8 Å². The fourth-order valence-electron chi connectivity index (χ4n) is 6.05. The first-order valence-electron chi connectivity index (χ1n) is 17.6. The van der Waals surface area contributed by atoms with Gasteiger partial charge in [0, 0.05) is 45.3 Å². The van der Waals surface area contributed by atoms with E-state index in [1.54, 1.807) is 31.2 Å². The van der Waals surface area contributed by atoms with Crippen molar-refractivity contribution in [3.05, 3.63) is 115 Å². The summed E-state index contributed by atoms with van der Waals surface area (Å²) in [6, 6.07) is 33.8. The normalized spacial score (nSPS) is 15.0. The quantitative estimate of drug-likeness (QED) is 0.141. The smallest absolute Gasteiger partial charge is 0.412 e. The van der Waals surface area contributed by atoms with Gasteiger partial charge in [0.25, 0.3) is 5.91 Å². The lowest BCUT2D eigenvalue weighted by Gasteiger charge is -2.35. The molecule has 5 rings (SSSR count). The van der Waals surface area contributed by atoms with E-state index in [4.69, 9.17) is 9.47 Å². The number of hydrogen-bond donors (Lipinski definition) is 3. The van der Waals surface area contributed by atoms with Crippen molar-refractivity contribution in [2.75, 3.05) is 38.0 Å². The van der Waals surface area contributed by atoms with Gasteiger partial charge < -0.3 is 24.8 Å². The third kappa shape index (κ3) is 11.2. The number of benzene rings is 4. The first kappa shape index (κ1) is 37.1. The van der Waals surface area contributed by atoms with Crippen molar-refractivity contribution in [3.63, 3.8) is 0 Å². The van der Waals surface area contributed by atoms with Crippen molar-refractivity contribution < 1.29 is 29.0 Å². The molecule has 1 fully saturated rings. The highest BCUT2D eigenvalue weighted by atomic mass is 16.6. The summed E-state index contributed by atoms with van der Waals surface area (Å²) in [6.07, 6.45) is -1.93. The average molecular weight is 693 g/mol. The van der Waals surface area contributed by atoms with Gasteiger partial charge in [0.15, 0.2) is 6.10 Å². The van der Waals surface area contributed by atoms with Crippen LogP contribution in [0, 0.1) is 5.92 Å². The second kappa shape index (κ2) is 18.2. The largest absolute Gasteiger partial charge is 0.457 e. The summed E-state index contributed by atoms with van der Waals surface area (Å²) >= 11 is 0. The zero-order valence-corrected chi connectivity index (χ0v) is 29.5. The summed E-state index contributed by atoms with van der Waals surface area (Å²) in [5.74, 6) is 0.558. The monoisotopic (exact) mass is 692 g/mol. The fourth-order valence-corrected chi connectivity index (χ4v) is 6.05. The number of nitrogens with one attached hydrogen (secondary N) is 2. The van der Waals surface area contributed by atoms with Gasteiger partial charge in [-0.3, -0.25) is 19.8 Å². The van der Waals surface area contributed by atoms with Crippen LogP contribution in [0.1, 0.15) is 32.8 Å². The molecule has 10 heteroatoms. The molecule has 3 atom stereocenters. The van der Waals surface area contributed by atoms with E-state index in [9.17, 15) is 19.5 Å². The minimum Gasteiger partial charge on any atom is -0.457 e. The maximum absolute atomic E-state index is 13.7. The molecule has 0 saturated carbocycles. The van der Waals surface area contributed by atoms with Gasteiger partial charge in [-0.05, 0) is 71.8 Å². The van der Waals surface area contributed by atoms with Gasteiger partial charge in [0.1, 0.15) is 11.5 Å². The van der Waals surface area contributed by atoms with Crippen molar-refractivity contribution in [3.8, 4) is 22.6 Å². The van der Waals surface area contributed by atoms with E-state index in [2.05, 4.69) is 27.7 Å². The van der Waals surface area contributed by atoms with Crippen LogP contribution < -0.4 is 15.4 Å². The predicted octanol–water partition coefficient (Wildman–Crippen LogP) is 6.36. The van der Waals surface area contributed by atoms with Crippen molar-refractivity contribution in [2.24, 2.45) is 5.92 Å². The third-order valence-electron chi connectivity index (χ3n) is 9.05. The number of hydrogen-bond acceptors (Lipinski definition) is 7. The Kier molecular flexibility index (Phi) is 13.2. The lowest BCUT2D eigenvalue weighted by Crippen LogP contribution is -2.52. The van der Waals surface area contributed by atoms with Gasteiger partial charge >= 0.3 is 6.09 Å². The second-order valence-electron chi connectivity index (χ2n) is 13.2. The van der Waals surface area contributed by atoms with Gasteiger partial charge in [-0.15, -0.1) is 0 Å². The van der Waals surface area contributed by atoms with Crippen LogP contribution in [0.2, 0.25) is 0 Å². The maximum atomic E-state index is 13.7. The Morgan fingerprint density at radius 1 is 0.765 bits per heavy atom. The number of rotatable bonds is 14. The van der Waals surface area contributed by atoms with Gasteiger partial charge in [0.05, 0.1) is 12.1 Å². The average Bonchev–Trinajstić information content (AvgIpc) is 3.14. The molecule has 1 aliphatic heterocycles. The van der Waals surface area contributed by atoms with E-state index < -0.39 is 30.3 Å². The van der Waals surface area contributed by atoms with Crippen LogP contribution in [0.15, 0.2) is 109 Å². The molecule has 1 saturated heterocycles.